The molecule has 1 saturated carbocycles. The molecular formula is C21H24N2O3. The Hall–Kier alpha value is -2.82. The molecule has 0 aliphatic heterocycles. The third-order valence-corrected chi connectivity index (χ3v) is 4.31. The van der Waals surface area contributed by atoms with Gasteiger partial charge in [-0.3, -0.25) is 9.59 Å². The van der Waals surface area contributed by atoms with E-state index in [1.54, 1.807) is 6.92 Å². The molecule has 5 heteroatoms. The molecule has 0 saturated heterocycles. The fraction of sp³-hybridized carbons (Fsp3) is 0.333. The zero-order valence-electron chi connectivity index (χ0n) is 15.1. The first-order chi connectivity index (χ1) is 12.5. The maximum atomic E-state index is 12.2. The second kappa shape index (κ2) is 8.04. The van der Waals surface area contributed by atoms with Crippen LogP contribution in [0.25, 0.3) is 0 Å². The van der Waals surface area contributed by atoms with Gasteiger partial charge in [0.25, 0.3) is 5.91 Å². The van der Waals surface area contributed by atoms with Crippen LogP contribution in [0.15, 0.2) is 48.5 Å². The molecule has 0 heterocycles. The summed E-state index contributed by atoms with van der Waals surface area (Å²) in [5.74, 6) is 0.790. The summed E-state index contributed by atoms with van der Waals surface area (Å²) < 4.78 is 5.68. The highest BCUT2D eigenvalue weighted by Crippen LogP contribution is 2.30. The van der Waals surface area contributed by atoms with Crippen molar-refractivity contribution in [2.45, 2.75) is 39.3 Å². The lowest BCUT2D eigenvalue weighted by atomic mass is 10.2. The van der Waals surface area contributed by atoms with Crippen LogP contribution in [0.2, 0.25) is 0 Å². The summed E-state index contributed by atoms with van der Waals surface area (Å²) >= 11 is 0. The number of ether oxygens (including phenoxy) is 1. The second-order valence-corrected chi connectivity index (χ2v) is 6.75. The Morgan fingerprint density at radius 3 is 2.54 bits per heavy atom. The van der Waals surface area contributed by atoms with Crippen LogP contribution in [-0.4, -0.2) is 17.9 Å². The molecule has 3 rings (SSSR count). The van der Waals surface area contributed by atoms with Gasteiger partial charge < -0.3 is 15.4 Å². The first-order valence-corrected chi connectivity index (χ1v) is 8.92. The van der Waals surface area contributed by atoms with Crippen molar-refractivity contribution in [2.75, 3.05) is 5.32 Å². The van der Waals surface area contributed by atoms with Gasteiger partial charge >= 0.3 is 0 Å². The van der Waals surface area contributed by atoms with Crippen LogP contribution in [0.3, 0.4) is 0 Å². The van der Waals surface area contributed by atoms with Gasteiger partial charge in [0.05, 0.1) is 0 Å². The minimum Gasteiger partial charge on any atom is -0.481 e. The summed E-state index contributed by atoms with van der Waals surface area (Å²) in [5.41, 5.74) is 2.84. The number of hydrogen-bond acceptors (Lipinski definition) is 3. The Balaban J connectivity index is 1.46. The predicted molar refractivity (Wildman–Crippen MR) is 101 cm³/mol. The maximum Gasteiger partial charge on any atom is 0.261 e. The zero-order chi connectivity index (χ0) is 18.5. The molecule has 5 nitrogen and oxygen atoms in total. The number of rotatable bonds is 7. The molecule has 0 bridgehead atoms. The van der Waals surface area contributed by atoms with E-state index in [0.29, 0.717) is 12.3 Å². The average molecular weight is 352 g/mol. The van der Waals surface area contributed by atoms with Crippen molar-refractivity contribution < 1.29 is 14.3 Å². The molecule has 0 radical (unpaired) electrons. The van der Waals surface area contributed by atoms with Crippen LogP contribution in [0.5, 0.6) is 5.75 Å². The fourth-order valence-corrected chi connectivity index (χ4v) is 2.57. The van der Waals surface area contributed by atoms with Crippen molar-refractivity contribution in [2.24, 2.45) is 5.92 Å². The number of carbonyl (C=O) groups excluding carboxylic acids is 2. The number of aryl methyl sites for hydroxylation is 1. The van der Waals surface area contributed by atoms with Gasteiger partial charge in [-0.05, 0) is 62.1 Å². The van der Waals surface area contributed by atoms with E-state index >= 15 is 0 Å². The quantitative estimate of drug-likeness (QED) is 0.802. The molecule has 0 aromatic heterocycles. The van der Waals surface area contributed by atoms with Crippen molar-refractivity contribution in [1.29, 1.82) is 0 Å². The summed E-state index contributed by atoms with van der Waals surface area (Å²) in [6.45, 7) is 4.12. The second-order valence-electron chi connectivity index (χ2n) is 6.75. The molecule has 2 aromatic carbocycles. The van der Waals surface area contributed by atoms with Crippen LogP contribution in [-0.2, 0) is 16.1 Å². The maximum absolute atomic E-state index is 12.2. The first-order valence-electron chi connectivity index (χ1n) is 8.92. The highest BCUT2D eigenvalue weighted by Gasteiger charge is 2.29. The van der Waals surface area contributed by atoms with Gasteiger partial charge in [0.15, 0.2) is 6.10 Å². The fourth-order valence-electron chi connectivity index (χ4n) is 2.57. The van der Waals surface area contributed by atoms with Crippen molar-refractivity contribution >= 4 is 17.5 Å². The Morgan fingerprint density at radius 1 is 1.15 bits per heavy atom. The average Bonchev–Trinajstić information content (AvgIpc) is 3.46. The molecule has 1 atom stereocenters. The van der Waals surface area contributed by atoms with Gasteiger partial charge in [-0.1, -0.05) is 24.3 Å². The van der Waals surface area contributed by atoms with Crippen LogP contribution >= 0.6 is 0 Å². The third kappa shape index (κ3) is 5.09. The summed E-state index contributed by atoms with van der Waals surface area (Å²) in [4.78, 5) is 23.9. The summed E-state index contributed by atoms with van der Waals surface area (Å²) in [5, 5.41) is 5.77. The highest BCUT2D eigenvalue weighted by atomic mass is 16.5. The van der Waals surface area contributed by atoms with E-state index in [-0.39, 0.29) is 17.7 Å². The number of amides is 2. The summed E-state index contributed by atoms with van der Waals surface area (Å²) in [6, 6.07) is 15.1. The molecular weight excluding hydrogens is 328 g/mol. The van der Waals surface area contributed by atoms with Gasteiger partial charge in [0.2, 0.25) is 5.91 Å². The molecule has 2 N–H and O–H groups in total. The van der Waals surface area contributed by atoms with E-state index in [4.69, 9.17) is 4.74 Å². The number of anilines is 1. The molecule has 1 aliphatic carbocycles. The Labute approximate surface area is 153 Å². The van der Waals surface area contributed by atoms with Crippen molar-refractivity contribution in [1.82, 2.24) is 5.32 Å². The third-order valence-electron chi connectivity index (χ3n) is 4.31. The molecule has 1 fully saturated rings. The van der Waals surface area contributed by atoms with E-state index in [9.17, 15) is 9.59 Å². The smallest absolute Gasteiger partial charge is 0.261 e. The van der Waals surface area contributed by atoms with Gasteiger partial charge in [-0.25, -0.2) is 0 Å². The number of nitrogens with one attached hydrogen (secondary N) is 2. The van der Waals surface area contributed by atoms with E-state index in [1.807, 2.05) is 55.5 Å². The topological polar surface area (TPSA) is 67.4 Å². The van der Waals surface area contributed by atoms with Crippen LogP contribution in [0, 0.1) is 12.8 Å². The van der Waals surface area contributed by atoms with Gasteiger partial charge in [-0.15, -0.1) is 0 Å². The lowest BCUT2D eigenvalue weighted by Crippen LogP contribution is -2.35. The largest absolute Gasteiger partial charge is 0.481 e. The van der Waals surface area contributed by atoms with E-state index in [1.165, 1.54) is 0 Å². The summed E-state index contributed by atoms with van der Waals surface area (Å²) in [6.07, 6.45) is 1.39. The number of hydrogen-bond donors (Lipinski definition) is 2. The molecule has 1 aliphatic rings. The highest BCUT2D eigenvalue weighted by molar-refractivity contribution is 5.94. The van der Waals surface area contributed by atoms with E-state index in [0.717, 1.165) is 29.7 Å². The standard InChI is InChI=1S/C21H24N2O3/c1-14-4-3-5-19(12-14)26-15(2)20(24)22-13-16-6-10-18(11-7-16)23-21(25)17-8-9-17/h3-7,10-12,15,17H,8-9,13H2,1-2H3,(H,22,24)(H,23,25). The molecule has 0 spiro atoms. The first kappa shape index (κ1) is 18.0. The molecule has 26 heavy (non-hydrogen) atoms. The summed E-state index contributed by atoms with van der Waals surface area (Å²) in [7, 11) is 0. The zero-order valence-corrected chi connectivity index (χ0v) is 15.1. The lowest BCUT2D eigenvalue weighted by Gasteiger charge is -2.15. The molecule has 2 aromatic rings. The van der Waals surface area contributed by atoms with E-state index in [2.05, 4.69) is 10.6 Å². The number of benzene rings is 2. The van der Waals surface area contributed by atoms with E-state index < -0.39 is 6.10 Å². The van der Waals surface area contributed by atoms with Gasteiger partial charge in [0, 0.05) is 18.2 Å². The van der Waals surface area contributed by atoms with Crippen molar-refractivity contribution in [3.63, 3.8) is 0 Å². The Morgan fingerprint density at radius 2 is 1.88 bits per heavy atom. The minimum absolute atomic E-state index is 0.0909. The van der Waals surface area contributed by atoms with Gasteiger partial charge in [0.1, 0.15) is 5.75 Å². The van der Waals surface area contributed by atoms with Crippen molar-refractivity contribution in [3.05, 3.63) is 59.7 Å². The molecule has 2 amide bonds. The SMILES string of the molecule is Cc1cccc(OC(C)C(=O)NCc2ccc(NC(=O)C3CC3)cc2)c1. The monoisotopic (exact) mass is 352 g/mol. The molecule has 1 unspecified atom stereocenters. The minimum atomic E-state index is -0.575. The predicted octanol–water partition coefficient (Wildman–Crippen LogP) is 3.43. The Kier molecular flexibility index (Phi) is 5.56. The molecule has 136 valence electrons. The van der Waals surface area contributed by atoms with Crippen LogP contribution < -0.4 is 15.4 Å². The normalized spacial score (nSPS) is 14.4. The lowest BCUT2D eigenvalue weighted by molar-refractivity contribution is -0.127. The van der Waals surface area contributed by atoms with Crippen LogP contribution in [0.1, 0.15) is 30.9 Å². The van der Waals surface area contributed by atoms with Crippen LogP contribution in [0.4, 0.5) is 5.69 Å². The number of carbonyl (C=O) groups is 2. The van der Waals surface area contributed by atoms with Gasteiger partial charge in [-0.2, -0.15) is 0 Å². The Bertz CT molecular complexity index is 782. The van der Waals surface area contributed by atoms with Crippen molar-refractivity contribution in [3.8, 4) is 5.75 Å².